The van der Waals surface area contributed by atoms with E-state index >= 15 is 0 Å². The first-order valence-electron chi connectivity index (χ1n) is 8.38. The molecule has 0 aliphatic rings. The van der Waals surface area contributed by atoms with Crippen molar-refractivity contribution in [3.05, 3.63) is 101 Å². The number of anilines is 1. The lowest BCUT2D eigenvalue weighted by Crippen LogP contribution is -2.01. The van der Waals surface area contributed by atoms with E-state index in [-0.39, 0.29) is 0 Å². The number of nitrogens with two attached hydrogens (primary N) is 1. The average Bonchev–Trinajstić information content (AvgIpc) is 2.62. The van der Waals surface area contributed by atoms with E-state index in [1.807, 2.05) is 42.5 Å². The van der Waals surface area contributed by atoms with Gasteiger partial charge in [-0.3, -0.25) is 0 Å². The predicted octanol–water partition coefficient (Wildman–Crippen LogP) is 4.53. The molecule has 0 saturated heterocycles. The Kier molecular flexibility index (Phi) is 5.29. The van der Waals surface area contributed by atoms with E-state index in [0.29, 0.717) is 5.69 Å². The topological polar surface area (TPSA) is 46.2 Å². The van der Waals surface area contributed by atoms with E-state index in [1.54, 1.807) is 0 Å². The molecule has 3 aromatic carbocycles. The van der Waals surface area contributed by atoms with Crippen molar-refractivity contribution in [3.8, 4) is 0 Å². The van der Waals surface area contributed by atoms with Crippen LogP contribution in [-0.2, 0) is 12.8 Å². The van der Waals surface area contributed by atoms with Crippen LogP contribution >= 0.6 is 0 Å². The summed E-state index contributed by atoms with van der Waals surface area (Å²) in [6.45, 7) is 0. The molecule has 1 atom stereocenters. The van der Waals surface area contributed by atoms with Crippen molar-refractivity contribution in [3.63, 3.8) is 0 Å². The second-order valence-corrected chi connectivity index (χ2v) is 6.16. The van der Waals surface area contributed by atoms with Crippen molar-refractivity contribution in [2.75, 3.05) is 5.73 Å². The highest BCUT2D eigenvalue weighted by Crippen LogP contribution is 2.24. The molecule has 3 rings (SSSR count). The minimum absolute atomic E-state index is 0.637. The summed E-state index contributed by atoms with van der Waals surface area (Å²) in [6, 6.07) is 26.2. The second kappa shape index (κ2) is 7.80. The van der Waals surface area contributed by atoms with E-state index in [1.165, 1.54) is 11.1 Å². The van der Waals surface area contributed by atoms with Crippen molar-refractivity contribution < 1.29 is 5.11 Å². The van der Waals surface area contributed by atoms with Gasteiger partial charge in [0.05, 0.1) is 0 Å². The van der Waals surface area contributed by atoms with Gasteiger partial charge in [0.2, 0.25) is 0 Å². The van der Waals surface area contributed by atoms with Gasteiger partial charge in [-0.15, -0.1) is 0 Å². The summed E-state index contributed by atoms with van der Waals surface area (Å²) in [5.41, 5.74) is 10.9. The SMILES string of the molecule is Nc1cccc(C(O)c2cccc(CCCc3ccccc3)c2)c1. The van der Waals surface area contributed by atoms with Crippen molar-refractivity contribution >= 4 is 5.69 Å². The van der Waals surface area contributed by atoms with Gasteiger partial charge in [0.15, 0.2) is 0 Å². The van der Waals surface area contributed by atoms with Crippen molar-refractivity contribution in [1.82, 2.24) is 0 Å². The van der Waals surface area contributed by atoms with E-state index < -0.39 is 6.10 Å². The summed E-state index contributed by atoms with van der Waals surface area (Å²) >= 11 is 0. The molecule has 24 heavy (non-hydrogen) atoms. The van der Waals surface area contributed by atoms with Crippen LogP contribution < -0.4 is 5.73 Å². The fourth-order valence-electron chi connectivity index (χ4n) is 2.98. The van der Waals surface area contributed by atoms with Crippen LogP contribution in [-0.4, -0.2) is 5.11 Å². The van der Waals surface area contributed by atoms with E-state index in [2.05, 4.69) is 36.4 Å². The molecule has 2 nitrogen and oxygen atoms in total. The number of hydrogen-bond acceptors (Lipinski definition) is 2. The van der Waals surface area contributed by atoms with Gasteiger partial charge >= 0.3 is 0 Å². The molecule has 0 saturated carbocycles. The zero-order valence-corrected chi connectivity index (χ0v) is 13.7. The Bertz CT molecular complexity index is 783. The number of hydrogen-bond donors (Lipinski definition) is 2. The molecule has 0 fully saturated rings. The predicted molar refractivity (Wildman–Crippen MR) is 99.8 cm³/mol. The summed E-state index contributed by atoms with van der Waals surface area (Å²) in [5.74, 6) is 0. The molecule has 0 aliphatic heterocycles. The summed E-state index contributed by atoms with van der Waals surface area (Å²) in [5, 5.41) is 10.6. The van der Waals surface area contributed by atoms with Crippen molar-refractivity contribution in [1.29, 1.82) is 0 Å². The third kappa shape index (κ3) is 4.24. The van der Waals surface area contributed by atoms with Gasteiger partial charge in [-0.2, -0.15) is 0 Å². The summed E-state index contributed by atoms with van der Waals surface area (Å²) in [7, 11) is 0. The fraction of sp³-hybridized carbons (Fsp3) is 0.182. The average molecular weight is 317 g/mol. The number of aliphatic hydroxyl groups is 1. The first kappa shape index (κ1) is 16.3. The van der Waals surface area contributed by atoms with Crippen molar-refractivity contribution in [2.45, 2.75) is 25.4 Å². The molecular weight excluding hydrogens is 294 g/mol. The van der Waals surface area contributed by atoms with Gasteiger partial charge in [-0.25, -0.2) is 0 Å². The van der Waals surface area contributed by atoms with Crippen LogP contribution in [0.4, 0.5) is 5.69 Å². The van der Waals surface area contributed by atoms with Crippen LogP contribution in [0.15, 0.2) is 78.9 Å². The normalized spacial score (nSPS) is 12.0. The number of nitrogen functional groups attached to an aromatic ring is 1. The zero-order chi connectivity index (χ0) is 16.8. The number of aryl methyl sites for hydroxylation is 2. The molecule has 1 unspecified atom stereocenters. The lowest BCUT2D eigenvalue weighted by molar-refractivity contribution is 0.220. The van der Waals surface area contributed by atoms with Crippen LogP contribution in [0.5, 0.6) is 0 Å². The van der Waals surface area contributed by atoms with Gasteiger partial charge in [0.25, 0.3) is 0 Å². The lowest BCUT2D eigenvalue weighted by Gasteiger charge is -2.13. The molecule has 0 aliphatic carbocycles. The number of rotatable bonds is 6. The number of benzene rings is 3. The standard InChI is InChI=1S/C22H23NO/c23-21-14-6-13-20(16-21)22(24)19-12-5-11-18(15-19)10-4-9-17-7-2-1-3-8-17/h1-3,5-8,11-16,22,24H,4,9-10,23H2. The first-order valence-corrected chi connectivity index (χ1v) is 8.38. The van der Waals surface area contributed by atoms with E-state index in [0.717, 1.165) is 30.4 Å². The molecule has 122 valence electrons. The Morgan fingerprint density at radius 1 is 0.708 bits per heavy atom. The van der Waals surface area contributed by atoms with Gasteiger partial charge in [-0.05, 0) is 53.6 Å². The Balaban J connectivity index is 1.65. The van der Waals surface area contributed by atoms with Crippen LogP contribution in [0, 0.1) is 0 Å². The quantitative estimate of drug-likeness (QED) is 0.656. The van der Waals surface area contributed by atoms with Gasteiger partial charge in [0.1, 0.15) is 6.10 Å². The van der Waals surface area contributed by atoms with Gasteiger partial charge in [-0.1, -0.05) is 66.7 Å². The molecular formula is C22H23NO. The summed E-state index contributed by atoms with van der Waals surface area (Å²) in [6.07, 6.45) is 2.54. The highest BCUT2D eigenvalue weighted by molar-refractivity contribution is 5.44. The Morgan fingerprint density at radius 3 is 2.08 bits per heavy atom. The minimum atomic E-state index is -0.637. The third-order valence-electron chi connectivity index (χ3n) is 4.27. The molecule has 0 amide bonds. The maximum absolute atomic E-state index is 10.6. The van der Waals surface area contributed by atoms with Crippen LogP contribution in [0.3, 0.4) is 0 Å². The lowest BCUT2D eigenvalue weighted by atomic mass is 9.97. The molecule has 0 spiro atoms. The van der Waals surface area contributed by atoms with Gasteiger partial charge < -0.3 is 10.8 Å². The van der Waals surface area contributed by atoms with E-state index in [9.17, 15) is 5.11 Å². The highest BCUT2D eigenvalue weighted by Gasteiger charge is 2.11. The molecule has 0 aromatic heterocycles. The highest BCUT2D eigenvalue weighted by atomic mass is 16.3. The van der Waals surface area contributed by atoms with Gasteiger partial charge in [0, 0.05) is 5.69 Å². The Hall–Kier alpha value is -2.58. The molecule has 0 bridgehead atoms. The minimum Gasteiger partial charge on any atom is -0.399 e. The van der Waals surface area contributed by atoms with Crippen LogP contribution in [0.25, 0.3) is 0 Å². The number of aliphatic hydroxyl groups excluding tert-OH is 1. The van der Waals surface area contributed by atoms with Crippen LogP contribution in [0.2, 0.25) is 0 Å². The van der Waals surface area contributed by atoms with Crippen molar-refractivity contribution in [2.24, 2.45) is 0 Å². The smallest absolute Gasteiger partial charge is 0.104 e. The maximum Gasteiger partial charge on any atom is 0.104 e. The first-order chi connectivity index (χ1) is 11.7. The summed E-state index contributed by atoms with van der Waals surface area (Å²) in [4.78, 5) is 0. The fourth-order valence-corrected chi connectivity index (χ4v) is 2.98. The molecule has 2 heteroatoms. The Labute approximate surface area is 143 Å². The maximum atomic E-state index is 10.6. The molecule has 0 radical (unpaired) electrons. The third-order valence-corrected chi connectivity index (χ3v) is 4.27. The van der Waals surface area contributed by atoms with Crippen LogP contribution in [0.1, 0.15) is 34.8 Å². The Morgan fingerprint density at radius 2 is 1.33 bits per heavy atom. The second-order valence-electron chi connectivity index (χ2n) is 6.16. The monoisotopic (exact) mass is 317 g/mol. The summed E-state index contributed by atoms with van der Waals surface area (Å²) < 4.78 is 0. The molecule has 3 N–H and O–H groups in total. The zero-order valence-electron chi connectivity index (χ0n) is 13.7. The van der Waals surface area contributed by atoms with E-state index in [4.69, 9.17) is 5.73 Å². The largest absolute Gasteiger partial charge is 0.399 e. The molecule has 0 heterocycles. The molecule has 3 aromatic rings.